The van der Waals surface area contributed by atoms with E-state index in [4.69, 9.17) is 0 Å². The van der Waals surface area contributed by atoms with Crippen molar-refractivity contribution < 1.29 is 9.18 Å². The van der Waals surface area contributed by atoms with Crippen LogP contribution in [-0.4, -0.2) is 11.7 Å². The number of aryl methyl sites for hydroxylation is 1. The average molecular weight is 362 g/mol. The summed E-state index contributed by atoms with van der Waals surface area (Å²) in [6, 6.07) is 17.6. The van der Waals surface area contributed by atoms with Gasteiger partial charge in [-0.2, -0.15) is 0 Å². The molecular formula is C21H15FN2OS. The zero-order valence-corrected chi connectivity index (χ0v) is 14.8. The lowest BCUT2D eigenvalue weighted by atomic mass is 10.1. The number of carbonyl (C=O) groups is 1. The molecule has 3 nitrogen and oxygen atoms in total. The van der Waals surface area contributed by atoms with Crippen molar-refractivity contribution in [2.24, 2.45) is 4.99 Å². The van der Waals surface area contributed by atoms with E-state index in [1.807, 2.05) is 48.7 Å². The lowest BCUT2D eigenvalue weighted by Gasteiger charge is -2.18. The standard InChI is InChI=1S/C21H15FN2OS/c1-14-4-2-5-15(12-14)20-23-19(13-18-6-3-11-26-18)21(25)24(20)17-9-7-16(22)8-10-17/h2-13H,1H3/b19-13+. The maximum Gasteiger partial charge on any atom is 0.282 e. The highest BCUT2D eigenvalue weighted by Crippen LogP contribution is 2.29. The smallest absolute Gasteiger partial charge is 0.266 e. The molecule has 5 heteroatoms. The number of aliphatic imine (C=N–C) groups is 1. The van der Waals surface area contributed by atoms with Gasteiger partial charge >= 0.3 is 0 Å². The van der Waals surface area contributed by atoms with E-state index in [0.717, 1.165) is 16.0 Å². The highest BCUT2D eigenvalue weighted by Gasteiger charge is 2.32. The number of nitrogens with zero attached hydrogens (tertiary/aromatic N) is 2. The zero-order valence-electron chi connectivity index (χ0n) is 14.0. The van der Waals surface area contributed by atoms with E-state index in [9.17, 15) is 9.18 Å². The first-order chi connectivity index (χ1) is 12.6. The van der Waals surface area contributed by atoms with Gasteiger partial charge < -0.3 is 0 Å². The predicted molar refractivity (Wildman–Crippen MR) is 104 cm³/mol. The zero-order chi connectivity index (χ0) is 18.1. The molecule has 0 fully saturated rings. The van der Waals surface area contributed by atoms with Gasteiger partial charge in [0.25, 0.3) is 5.91 Å². The van der Waals surface area contributed by atoms with Crippen molar-refractivity contribution in [3.8, 4) is 0 Å². The average Bonchev–Trinajstić information content (AvgIpc) is 3.25. The molecule has 0 saturated carbocycles. The molecule has 128 valence electrons. The fourth-order valence-electron chi connectivity index (χ4n) is 2.83. The summed E-state index contributed by atoms with van der Waals surface area (Å²) in [5, 5.41) is 1.95. The van der Waals surface area contributed by atoms with Crippen molar-refractivity contribution in [1.82, 2.24) is 0 Å². The van der Waals surface area contributed by atoms with Crippen LogP contribution in [0.1, 0.15) is 16.0 Å². The van der Waals surface area contributed by atoms with Gasteiger partial charge in [-0.25, -0.2) is 9.38 Å². The Labute approximate surface area is 154 Å². The first-order valence-electron chi connectivity index (χ1n) is 8.13. The van der Waals surface area contributed by atoms with Gasteiger partial charge in [0, 0.05) is 10.4 Å². The van der Waals surface area contributed by atoms with Gasteiger partial charge in [-0.1, -0.05) is 29.8 Å². The fraction of sp³-hybridized carbons (Fsp3) is 0.0476. The molecule has 0 radical (unpaired) electrons. The van der Waals surface area contributed by atoms with Crippen molar-refractivity contribution in [1.29, 1.82) is 0 Å². The third kappa shape index (κ3) is 3.09. The van der Waals surface area contributed by atoms with E-state index in [1.54, 1.807) is 29.5 Å². The Hall–Kier alpha value is -3.05. The number of hydrogen-bond acceptors (Lipinski definition) is 3. The van der Waals surface area contributed by atoms with Crippen LogP contribution >= 0.6 is 11.3 Å². The fourth-order valence-corrected chi connectivity index (χ4v) is 3.48. The molecule has 0 spiro atoms. The molecule has 1 aromatic heterocycles. The quantitative estimate of drug-likeness (QED) is 0.602. The predicted octanol–water partition coefficient (Wildman–Crippen LogP) is 5.03. The lowest BCUT2D eigenvalue weighted by Crippen LogP contribution is -2.32. The number of carbonyl (C=O) groups excluding carboxylic acids is 1. The first-order valence-corrected chi connectivity index (χ1v) is 9.01. The normalized spacial score (nSPS) is 15.6. The van der Waals surface area contributed by atoms with Gasteiger partial charge in [-0.3, -0.25) is 9.69 Å². The Kier molecular flexibility index (Phi) is 4.22. The Morgan fingerprint density at radius 1 is 1.08 bits per heavy atom. The van der Waals surface area contributed by atoms with E-state index >= 15 is 0 Å². The van der Waals surface area contributed by atoms with Crippen LogP contribution < -0.4 is 4.90 Å². The summed E-state index contributed by atoms with van der Waals surface area (Å²) in [5.74, 6) is -0.0154. The molecule has 1 aliphatic heterocycles. The summed E-state index contributed by atoms with van der Waals surface area (Å²) < 4.78 is 13.3. The summed E-state index contributed by atoms with van der Waals surface area (Å²) in [5.41, 5.74) is 2.88. The molecular weight excluding hydrogens is 347 g/mol. The Morgan fingerprint density at radius 2 is 1.88 bits per heavy atom. The Morgan fingerprint density at radius 3 is 2.58 bits per heavy atom. The second-order valence-electron chi connectivity index (χ2n) is 5.97. The molecule has 1 amide bonds. The summed E-state index contributed by atoms with van der Waals surface area (Å²) in [7, 11) is 0. The van der Waals surface area contributed by atoms with Crippen LogP contribution in [0.25, 0.3) is 6.08 Å². The van der Waals surface area contributed by atoms with Crippen molar-refractivity contribution in [2.75, 3.05) is 4.90 Å². The third-order valence-corrected chi connectivity index (χ3v) is 4.86. The minimum Gasteiger partial charge on any atom is -0.266 e. The van der Waals surface area contributed by atoms with Gasteiger partial charge in [0.15, 0.2) is 0 Å². The maximum atomic E-state index is 13.3. The van der Waals surface area contributed by atoms with Crippen LogP contribution in [-0.2, 0) is 4.79 Å². The van der Waals surface area contributed by atoms with E-state index in [0.29, 0.717) is 17.2 Å². The number of rotatable bonds is 3. The number of hydrogen-bond donors (Lipinski definition) is 0. The van der Waals surface area contributed by atoms with Crippen LogP contribution in [0.3, 0.4) is 0 Å². The van der Waals surface area contributed by atoms with E-state index in [2.05, 4.69) is 4.99 Å². The minimum atomic E-state index is -0.344. The van der Waals surface area contributed by atoms with Crippen molar-refractivity contribution in [2.45, 2.75) is 6.92 Å². The Bertz CT molecular complexity index is 1020. The van der Waals surface area contributed by atoms with Crippen LogP contribution in [0.4, 0.5) is 10.1 Å². The van der Waals surface area contributed by atoms with Crippen molar-refractivity contribution in [3.05, 3.63) is 93.6 Å². The second kappa shape index (κ2) is 6.69. The van der Waals surface area contributed by atoms with Crippen LogP contribution in [0.5, 0.6) is 0 Å². The van der Waals surface area contributed by atoms with E-state index in [1.165, 1.54) is 17.0 Å². The van der Waals surface area contributed by atoms with Gasteiger partial charge in [0.1, 0.15) is 17.3 Å². The molecule has 2 heterocycles. The number of thiophene rings is 1. The van der Waals surface area contributed by atoms with E-state index < -0.39 is 0 Å². The molecule has 0 aliphatic carbocycles. The molecule has 1 aliphatic rings. The Balaban J connectivity index is 1.84. The second-order valence-corrected chi connectivity index (χ2v) is 6.95. The number of benzene rings is 2. The SMILES string of the molecule is Cc1cccc(C2=N/C(=C/c3cccs3)C(=O)N2c2ccc(F)cc2)c1. The van der Waals surface area contributed by atoms with E-state index in [-0.39, 0.29) is 11.7 Å². The summed E-state index contributed by atoms with van der Waals surface area (Å²) in [6.45, 7) is 1.99. The van der Waals surface area contributed by atoms with Gasteiger partial charge in [-0.05, 0) is 54.8 Å². The lowest BCUT2D eigenvalue weighted by molar-refractivity contribution is -0.113. The van der Waals surface area contributed by atoms with Gasteiger partial charge in [0.05, 0.1) is 5.69 Å². The number of halogens is 1. The highest BCUT2D eigenvalue weighted by molar-refractivity contribution is 7.10. The maximum absolute atomic E-state index is 13.3. The molecule has 0 atom stereocenters. The molecule has 4 rings (SSSR count). The van der Waals surface area contributed by atoms with Crippen LogP contribution in [0.2, 0.25) is 0 Å². The highest BCUT2D eigenvalue weighted by atomic mass is 32.1. The first kappa shape index (κ1) is 16.4. The molecule has 0 bridgehead atoms. The summed E-state index contributed by atoms with van der Waals surface area (Å²) >= 11 is 1.54. The molecule has 0 N–H and O–H groups in total. The number of amides is 1. The monoisotopic (exact) mass is 362 g/mol. The largest absolute Gasteiger partial charge is 0.282 e. The van der Waals surface area contributed by atoms with Crippen molar-refractivity contribution in [3.63, 3.8) is 0 Å². The minimum absolute atomic E-state index is 0.221. The van der Waals surface area contributed by atoms with Crippen LogP contribution in [0, 0.1) is 12.7 Å². The molecule has 2 aromatic carbocycles. The summed E-state index contributed by atoms with van der Waals surface area (Å²) in [4.78, 5) is 20.1. The molecule has 0 unspecified atom stereocenters. The molecule has 3 aromatic rings. The van der Waals surface area contributed by atoms with Gasteiger partial charge in [0.2, 0.25) is 0 Å². The number of anilines is 1. The van der Waals surface area contributed by atoms with Crippen LogP contribution in [0.15, 0.2) is 76.7 Å². The summed E-state index contributed by atoms with van der Waals surface area (Å²) in [6.07, 6.45) is 1.78. The topological polar surface area (TPSA) is 32.7 Å². The molecule has 0 saturated heterocycles. The third-order valence-electron chi connectivity index (χ3n) is 4.04. The number of amidine groups is 1. The van der Waals surface area contributed by atoms with Crippen molar-refractivity contribution >= 4 is 34.8 Å². The van der Waals surface area contributed by atoms with Gasteiger partial charge in [-0.15, -0.1) is 11.3 Å². The molecule has 26 heavy (non-hydrogen) atoms.